The van der Waals surface area contributed by atoms with Crippen molar-refractivity contribution >= 4 is 11.3 Å². The molecule has 98 valence electrons. The summed E-state index contributed by atoms with van der Waals surface area (Å²) in [6.45, 7) is 3.10. The highest BCUT2D eigenvalue weighted by atomic mass is 32.1. The van der Waals surface area contributed by atoms with Crippen LogP contribution < -0.4 is 5.32 Å². The Morgan fingerprint density at radius 2 is 2.28 bits per heavy atom. The first kappa shape index (κ1) is 13.3. The molecule has 0 aliphatic heterocycles. The fraction of sp³-hybridized carbons (Fsp3) is 0.462. The lowest BCUT2D eigenvalue weighted by molar-refractivity contribution is 0.331. The number of rotatable bonds is 6. The normalized spacial score (nSPS) is 11.3. The average molecular weight is 264 g/mol. The number of hydrogen-bond donors (Lipinski definition) is 1. The second kappa shape index (κ2) is 6.13. The molecule has 2 heterocycles. The van der Waals surface area contributed by atoms with E-state index in [2.05, 4.69) is 40.7 Å². The highest BCUT2D eigenvalue weighted by Crippen LogP contribution is 2.28. The van der Waals surface area contributed by atoms with E-state index in [1.807, 2.05) is 36.3 Å². The Balaban J connectivity index is 1.98. The van der Waals surface area contributed by atoms with E-state index >= 15 is 0 Å². The first-order chi connectivity index (χ1) is 8.69. The summed E-state index contributed by atoms with van der Waals surface area (Å²) in [5, 5.41) is 7.38. The van der Waals surface area contributed by atoms with Gasteiger partial charge in [-0.2, -0.15) is 5.10 Å². The van der Waals surface area contributed by atoms with Crippen LogP contribution in [0.2, 0.25) is 0 Å². The first-order valence-electron chi connectivity index (χ1n) is 6.10. The molecular weight excluding hydrogens is 244 g/mol. The van der Waals surface area contributed by atoms with Gasteiger partial charge in [-0.15, -0.1) is 11.3 Å². The summed E-state index contributed by atoms with van der Waals surface area (Å²) in [7, 11) is 6.09. The molecule has 5 heteroatoms. The summed E-state index contributed by atoms with van der Waals surface area (Å²) in [4.78, 5) is 5.02. The lowest BCUT2D eigenvalue weighted by Crippen LogP contribution is -2.26. The third-order valence-electron chi connectivity index (χ3n) is 2.82. The largest absolute Gasteiger partial charge is 0.318 e. The third-order valence-corrected chi connectivity index (χ3v) is 3.94. The number of nitrogens with one attached hydrogen (secondary N) is 1. The molecular formula is C13H20N4S. The maximum Gasteiger partial charge on any atom is 0.0576 e. The molecule has 0 atom stereocenters. The van der Waals surface area contributed by atoms with Crippen molar-refractivity contribution in [3.05, 3.63) is 29.4 Å². The van der Waals surface area contributed by atoms with Gasteiger partial charge in [-0.1, -0.05) is 0 Å². The van der Waals surface area contributed by atoms with Crippen LogP contribution in [0, 0.1) is 0 Å². The van der Waals surface area contributed by atoms with Crippen LogP contribution >= 0.6 is 11.3 Å². The number of likely N-dealkylation sites (N-methyl/N-ethyl adjacent to an activating group) is 2. The predicted molar refractivity (Wildman–Crippen MR) is 76.8 cm³/mol. The van der Waals surface area contributed by atoms with E-state index in [4.69, 9.17) is 0 Å². The molecule has 0 spiro atoms. The highest BCUT2D eigenvalue weighted by molar-refractivity contribution is 7.15. The molecule has 0 aliphatic carbocycles. The molecule has 0 aliphatic rings. The van der Waals surface area contributed by atoms with Crippen LogP contribution in [0.15, 0.2) is 24.5 Å². The monoisotopic (exact) mass is 264 g/mol. The molecule has 18 heavy (non-hydrogen) atoms. The minimum atomic E-state index is 1.01. The lowest BCUT2D eigenvalue weighted by atomic mass is 10.3. The van der Waals surface area contributed by atoms with Crippen LogP contribution in [0.1, 0.15) is 4.88 Å². The molecule has 0 fully saturated rings. The van der Waals surface area contributed by atoms with Gasteiger partial charge in [0, 0.05) is 48.2 Å². The fourth-order valence-corrected chi connectivity index (χ4v) is 2.88. The zero-order valence-electron chi connectivity index (χ0n) is 11.2. The van der Waals surface area contributed by atoms with E-state index < -0.39 is 0 Å². The maximum atomic E-state index is 4.21. The van der Waals surface area contributed by atoms with Gasteiger partial charge in [0.25, 0.3) is 0 Å². The average Bonchev–Trinajstić information content (AvgIpc) is 2.95. The van der Waals surface area contributed by atoms with Gasteiger partial charge in [0.1, 0.15) is 0 Å². The van der Waals surface area contributed by atoms with E-state index in [0.29, 0.717) is 0 Å². The van der Waals surface area contributed by atoms with Crippen molar-refractivity contribution in [2.45, 2.75) is 6.54 Å². The molecule has 1 N–H and O–H groups in total. The Bertz CT molecular complexity index is 489. The predicted octanol–water partition coefficient (Wildman–Crippen LogP) is 1.80. The maximum absolute atomic E-state index is 4.21. The second-order valence-corrected chi connectivity index (χ2v) is 5.68. The fourth-order valence-electron chi connectivity index (χ4n) is 1.81. The van der Waals surface area contributed by atoms with Gasteiger partial charge in [-0.05, 0) is 26.2 Å². The van der Waals surface area contributed by atoms with Crippen molar-refractivity contribution in [2.24, 2.45) is 7.05 Å². The van der Waals surface area contributed by atoms with Gasteiger partial charge in [-0.3, -0.25) is 4.68 Å². The summed E-state index contributed by atoms with van der Waals surface area (Å²) in [5.74, 6) is 0. The quantitative estimate of drug-likeness (QED) is 0.863. The van der Waals surface area contributed by atoms with Crippen LogP contribution in [0.4, 0.5) is 0 Å². The molecule has 0 saturated heterocycles. The molecule has 0 unspecified atom stereocenters. The van der Waals surface area contributed by atoms with Gasteiger partial charge in [0.15, 0.2) is 0 Å². The standard InChI is InChI=1S/C13H20N4S/c1-14-6-7-16(2)10-12-4-5-13(18-12)11-8-15-17(3)9-11/h4-5,8-9,14H,6-7,10H2,1-3H3. The Hall–Kier alpha value is -1.17. The molecule has 2 rings (SSSR count). The van der Waals surface area contributed by atoms with Crippen LogP contribution in [0.25, 0.3) is 10.4 Å². The minimum absolute atomic E-state index is 1.01. The zero-order valence-corrected chi connectivity index (χ0v) is 12.0. The van der Waals surface area contributed by atoms with Crippen LogP contribution in [-0.4, -0.2) is 41.9 Å². The van der Waals surface area contributed by atoms with Crippen LogP contribution in [0.3, 0.4) is 0 Å². The summed E-state index contributed by atoms with van der Waals surface area (Å²) in [6, 6.07) is 4.39. The summed E-state index contributed by atoms with van der Waals surface area (Å²) >= 11 is 1.85. The van der Waals surface area contributed by atoms with E-state index in [-0.39, 0.29) is 0 Å². The smallest absolute Gasteiger partial charge is 0.0576 e. The highest BCUT2D eigenvalue weighted by Gasteiger charge is 2.06. The number of hydrogen-bond acceptors (Lipinski definition) is 4. The van der Waals surface area contributed by atoms with Gasteiger partial charge < -0.3 is 10.2 Å². The van der Waals surface area contributed by atoms with Crippen molar-refractivity contribution in [1.29, 1.82) is 0 Å². The molecule has 0 amide bonds. The van der Waals surface area contributed by atoms with Crippen molar-refractivity contribution < 1.29 is 0 Å². The minimum Gasteiger partial charge on any atom is -0.318 e. The van der Waals surface area contributed by atoms with Gasteiger partial charge in [0.2, 0.25) is 0 Å². The van der Waals surface area contributed by atoms with Crippen LogP contribution in [-0.2, 0) is 13.6 Å². The van der Waals surface area contributed by atoms with Gasteiger partial charge in [0.05, 0.1) is 6.20 Å². The van der Waals surface area contributed by atoms with E-state index in [9.17, 15) is 0 Å². The van der Waals surface area contributed by atoms with Gasteiger partial charge >= 0.3 is 0 Å². The zero-order chi connectivity index (χ0) is 13.0. The number of aromatic nitrogens is 2. The molecule has 4 nitrogen and oxygen atoms in total. The summed E-state index contributed by atoms with van der Waals surface area (Å²) in [5.41, 5.74) is 1.20. The van der Waals surface area contributed by atoms with E-state index in [1.54, 1.807) is 0 Å². The Kier molecular flexibility index (Phi) is 4.52. The van der Waals surface area contributed by atoms with Gasteiger partial charge in [-0.25, -0.2) is 0 Å². The number of aryl methyl sites for hydroxylation is 1. The first-order valence-corrected chi connectivity index (χ1v) is 6.91. The molecule has 2 aromatic heterocycles. The number of nitrogens with zero attached hydrogens (tertiary/aromatic N) is 3. The molecule has 0 saturated carbocycles. The Morgan fingerprint density at radius 3 is 2.94 bits per heavy atom. The SMILES string of the molecule is CNCCN(C)Cc1ccc(-c2cnn(C)c2)s1. The van der Waals surface area contributed by atoms with Crippen LogP contribution in [0.5, 0.6) is 0 Å². The lowest BCUT2D eigenvalue weighted by Gasteiger charge is -2.14. The molecule has 2 aromatic rings. The molecule has 0 radical (unpaired) electrons. The third kappa shape index (κ3) is 3.41. The molecule has 0 bridgehead atoms. The Morgan fingerprint density at radius 1 is 1.44 bits per heavy atom. The summed E-state index contributed by atoms with van der Waals surface area (Å²) < 4.78 is 1.84. The topological polar surface area (TPSA) is 33.1 Å². The Labute approximate surface area is 112 Å². The van der Waals surface area contributed by atoms with Crippen molar-refractivity contribution in [3.8, 4) is 10.4 Å². The van der Waals surface area contributed by atoms with Crippen molar-refractivity contribution in [2.75, 3.05) is 27.2 Å². The van der Waals surface area contributed by atoms with Crippen molar-refractivity contribution in [1.82, 2.24) is 20.0 Å². The van der Waals surface area contributed by atoms with E-state index in [1.165, 1.54) is 15.3 Å². The number of thiophene rings is 1. The second-order valence-electron chi connectivity index (χ2n) is 4.51. The van der Waals surface area contributed by atoms with E-state index in [0.717, 1.165) is 19.6 Å². The van der Waals surface area contributed by atoms with Crippen molar-refractivity contribution in [3.63, 3.8) is 0 Å². The molecule has 0 aromatic carbocycles. The summed E-state index contributed by atoms with van der Waals surface area (Å²) in [6.07, 6.45) is 3.97.